The Labute approximate surface area is 127 Å². The van der Waals surface area contributed by atoms with Gasteiger partial charge in [-0.2, -0.15) is 0 Å². The van der Waals surface area contributed by atoms with E-state index in [1.165, 1.54) is 17.1 Å². The Hall–Kier alpha value is -2.83. The fourth-order valence-corrected chi connectivity index (χ4v) is 1.89. The second-order valence-electron chi connectivity index (χ2n) is 4.69. The van der Waals surface area contributed by atoms with Crippen LogP contribution in [0.2, 0.25) is 0 Å². The topological polar surface area (TPSA) is 85.2 Å². The quantitative estimate of drug-likeness (QED) is 0.874. The summed E-state index contributed by atoms with van der Waals surface area (Å²) in [6.07, 6.45) is 2.97. The van der Waals surface area contributed by atoms with E-state index in [0.29, 0.717) is 30.1 Å². The van der Waals surface area contributed by atoms with Gasteiger partial charge in [-0.3, -0.25) is 9.36 Å². The molecule has 0 radical (unpaired) electrons. The van der Waals surface area contributed by atoms with E-state index in [1.54, 1.807) is 38.3 Å². The molecule has 0 bridgehead atoms. The van der Waals surface area contributed by atoms with Gasteiger partial charge in [-0.15, -0.1) is 0 Å². The maximum Gasteiger partial charge on any atom is 0.319 e. The number of ether oxygens (including phenoxy) is 1. The Morgan fingerprint density at radius 1 is 1.41 bits per heavy atom. The zero-order valence-corrected chi connectivity index (χ0v) is 12.5. The summed E-state index contributed by atoms with van der Waals surface area (Å²) in [6.45, 7) is 2.38. The molecule has 1 aromatic heterocycles. The van der Waals surface area contributed by atoms with E-state index in [0.717, 1.165) is 0 Å². The highest BCUT2D eigenvalue weighted by Gasteiger charge is 2.03. The molecule has 0 aliphatic heterocycles. The van der Waals surface area contributed by atoms with Crippen molar-refractivity contribution in [3.63, 3.8) is 0 Å². The van der Waals surface area contributed by atoms with E-state index in [2.05, 4.69) is 15.6 Å². The third kappa shape index (κ3) is 4.08. The first-order chi connectivity index (χ1) is 10.6. The lowest BCUT2D eigenvalue weighted by Gasteiger charge is -2.10. The Morgan fingerprint density at radius 2 is 2.23 bits per heavy atom. The summed E-state index contributed by atoms with van der Waals surface area (Å²) >= 11 is 0. The molecule has 0 saturated carbocycles. The minimum atomic E-state index is -0.345. The van der Waals surface area contributed by atoms with Crippen LogP contribution in [-0.2, 0) is 6.54 Å². The minimum Gasteiger partial charge on any atom is -0.497 e. The molecule has 1 heterocycles. The Morgan fingerprint density at radius 3 is 3.00 bits per heavy atom. The number of hydrogen-bond donors (Lipinski definition) is 2. The number of aryl methyl sites for hydroxylation is 1. The molecular formula is C15H18N4O3. The van der Waals surface area contributed by atoms with Crippen molar-refractivity contribution in [1.82, 2.24) is 14.9 Å². The van der Waals surface area contributed by atoms with Crippen LogP contribution in [0.15, 0.2) is 41.6 Å². The number of methoxy groups -OCH3 is 1. The lowest BCUT2D eigenvalue weighted by Crippen LogP contribution is -2.34. The zero-order valence-electron chi connectivity index (χ0n) is 12.5. The molecule has 1 aromatic carbocycles. The molecular weight excluding hydrogens is 284 g/mol. The first-order valence-electron chi connectivity index (χ1n) is 6.80. The van der Waals surface area contributed by atoms with Crippen LogP contribution in [-0.4, -0.2) is 29.2 Å². The molecule has 116 valence electrons. The second-order valence-corrected chi connectivity index (χ2v) is 4.69. The lowest BCUT2D eigenvalue weighted by molar-refractivity contribution is 0.251. The average Bonchev–Trinajstić information content (AvgIpc) is 2.51. The molecule has 7 nitrogen and oxygen atoms in total. The van der Waals surface area contributed by atoms with Gasteiger partial charge in [0.05, 0.1) is 13.4 Å². The summed E-state index contributed by atoms with van der Waals surface area (Å²) < 4.78 is 6.54. The molecule has 22 heavy (non-hydrogen) atoms. The fraction of sp³-hybridized carbons (Fsp3) is 0.267. The Balaban J connectivity index is 1.85. The highest BCUT2D eigenvalue weighted by Crippen LogP contribution is 2.16. The van der Waals surface area contributed by atoms with Gasteiger partial charge in [0.15, 0.2) is 0 Å². The number of nitrogens with zero attached hydrogens (tertiary/aromatic N) is 2. The van der Waals surface area contributed by atoms with E-state index in [9.17, 15) is 9.59 Å². The standard InChI is InChI=1S/C15H18N4O3/c1-11-9-16-10-19(14(11)20)7-6-17-15(21)18-12-4-3-5-13(8-12)22-2/h3-5,8-10H,6-7H2,1-2H3,(H2,17,18,21). The average molecular weight is 302 g/mol. The normalized spacial score (nSPS) is 10.1. The smallest absolute Gasteiger partial charge is 0.319 e. The van der Waals surface area contributed by atoms with Gasteiger partial charge in [0, 0.05) is 36.6 Å². The number of hydrogen-bond acceptors (Lipinski definition) is 4. The molecule has 0 spiro atoms. The van der Waals surface area contributed by atoms with Gasteiger partial charge in [-0.25, -0.2) is 9.78 Å². The van der Waals surface area contributed by atoms with Crippen molar-refractivity contribution in [3.05, 3.63) is 52.7 Å². The third-order valence-electron chi connectivity index (χ3n) is 3.04. The highest BCUT2D eigenvalue weighted by atomic mass is 16.5. The molecule has 2 aromatic rings. The number of amides is 2. The van der Waals surface area contributed by atoms with E-state index in [4.69, 9.17) is 4.74 Å². The van der Waals surface area contributed by atoms with Crippen LogP contribution < -0.4 is 20.9 Å². The summed E-state index contributed by atoms with van der Waals surface area (Å²) in [4.78, 5) is 27.5. The van der Waals surface area contributed by atoms with Crippen molar-refractivity contribution < 1.29 is 9.53 Å². The SMILES string of the molecule is COc1cccc(NC(=O)NCCn2cncc(C)c2=O)c1. The number of urea groups is 1. The van der Waals surface area contributed by atoms with E-state index < -0.39 is 0 Å². The second kappa shape index (κ2) is 7.26. The van der Waals surface area contributed by atoms with Crippen LogP contribution >= 0.6 is 0 Å². The molecule has 0 fully saturated rings. The van der Waals surface area contributed by atoms with Crippen molar-refractivity contribution in [2.75, 3.05) is 19.0 Å². The number of nitrogens with one attached hydrogen (secondary N) is 2. The van der Waals surface area contributed by atoms with Crippen LogP contribution in [0.1, 0.15) is 5.56 Å². The zero-order chi connectivity index (χ0) is 15.9. The van der Waals surface area contributed by atoms with Gasteiger partial charge in [-0.05, 0) is 19.1 Å². The van der Waals surface area contributed by atoms with Crippen LogP contribution in [0.3, 0.4) is 0 Å². The van der Waals surface area contributed by atoms with Crippen LogP contribution in [0.4, 0.5) is 10.5 Å². The summed E-state index contributed by atoms with van der Waals surface area (Å²) in [5.41, 5.74) is 1.10. The van der Waals surface area contributed by atoms with Gasteiger partial charge < -0.3 is 15.4 Å². The van der Waals surface area contributed by atoms with Gasteiger partial charge in [0.1, 0.15) is 5.75 Å². The van der Waals surface area contributed by atoms with E-state index in [1.807, 2.05) is 0 Å². The maximum absolute atomic E-state index is 11.8. The number of aromatic nitrogens is 2. The predicted molar refractivity (Wildman–Crippen MR) is 83.2 cm³/mol. The number of anilines is 1. The molecule has 0 aliphatic carbocycles. The number of benzene rings is 1. The molecule has 0 aliphatic rings. The van der Waals surface area contributed by atoms with Gasteiger partial charge in [-0.1, -0.05) is 6.07 Å². The van der Waals surface area contributed by atoms with Gasteiger partial charge in [0.2, 0.25) is 0 Å². The summed E-state index contributed by atoms with van der Waals surface area (Å²) in [6, 6.07) is 6.71. The monoisotopic (exact) mass is 302 g/mol. The Bertz CT molecular complexity index is 712. The molecule has 0 saturated heterocycles. The van der Waals surface area contributed by atoms with Crippen molar-refractivity contribution >= 4 is 11.7 Å². The van der Waals surface area contributed by atoms with Crippen molar-refractivity contribution in [3.8, 4) is 5.75 Å². The first-order valence-corrected chi connectivity index (χ1v) is 6.80. The van der Waals surface area contributed by atoms with Gasteiger partial charge >= 0.3 is 6.03 Å². The number of carbonyl (C=O) groups is 1. The maximum atomic E-state index is 11.8. The molecule has 0 atom stereocenters. The van der Waals surface area contributed by atoms with Crippen molar-refractivity contribution in [2.45, 2.75) is 13.5 Å². The van der Waals surface area contributed by atoms with Crippen LogP contribution in [0.25, 0.3) is 0 Å². The summed E-state index contributed by atoms with van der Waals surface area (Å²) in [7, 11) is 1.56. The van der Waals surface area contributed by atoms with Crippen LogP contribution in [0, 0.1) is 6.92 Å². The van der Waals surface area contributed by atoms with Crippen LogP contribution in [0.5, 0.6) is 5.75 Å². The molecule has 7 heteroatoms. The van der Waals surface area contributed by atoms with Crippen molar-refractivity contribution in [1.29, 1.82) is 0 Å². The molecule has 0 unspecified atom stereocenters. The predicted octanol–water partition coefficient (Wildman–Crippen LogP) is 1.38. The number of carbonyl (C=O) groups excluding carboxylic acids is 1. The highest BCUT2D eigenvalue weighted by molar-refractivity contribution is 5.89. The summed E-state index contributed by atoms with van der Waals surface area (Å²) in [5.74, 6) is 0.662. The van der Waals surface area contributed by atoms with Crippen molar-refractivity contribution in [2.24, 2.45) is 0 Å². The fourth-order valence-electron chi connectivity index (χ4n) is 1.89. The van der Waals surface area contributed by atoms with Gasteiger partial charge in [0.25, 0.3) is 5.56 Å². The molecule has 2 amide bonds. The lowest BCUT2D eigenvalue weighted by atomic mass is 10.3. The van der Waals surface area contributed by atoms with E-state index >= 15 is 0 Å². The molecule has 2 rings (SSSR count). The number of rotatable bonds is 5. The summed E-state index contributed by atoms with van der Waals surface area (Å²) in [5, 5.41) is 5.38. The van der Waals surface area contributed by atoms with E-state index in [-0.39, 0.29) is 11.6 Å². The molecule has 2 N–H and O–H groups in total. The largest absolute Gasteiger partial charge is 0.497 e. The minimum absolute atomic E-state index is 0.106. The first kappa shape index (κ1) is 15.6. The Kier molecular flexibility index (Phi) is 5.13. The third-order valence-corrected chi connectivity index (χ3v) is 3.04.